The van der Waals surface area contributed by atoms with Crippen molar-refractivity contribution in [3.8, 4) is 0 Å². The number of piperidine rings is 1. The van der Waals surface area contributed by atoms with Gasteiger partial charge in [0, 0.05) is 23.9 Å². The van der Waals surface area contributed by atoms with Gasteiger partial charge < -0.3 is 5.32 Å². The van der Waals surface area contributed by atoms with Crippen molar-refractivity contribution in [2.24, 2.45) is 0 Å². The van der Waals surface area contributed by atoms with E-state index in [4.69, 9.17) is 0 Å². The summed E-state index contributed by atoms with van der Waals surface area (Å²) in [5.74, 6) is 0.178. The summed E-state index contributed by atoms with van der Waals surface area (Å²) in [6, 6.07) is 4.59. The monoisotopic (exact) mass is 280 g/mol. The van der Waals surface area contributed by atoms with E-state index in [1.54, 1.807) is 11.3 Å². The molecule has 1 N–H and O–H groups in total. The van der Waals surface area contributed by atoms with E-state index in [2.05, 4.69) is 28.6 Å². The molecule has 2 heterocycles. The van der Waals surface area contributed by atoms with Crippen molar-refractivity contribution >= 4 is 17.2 Å². The van der Waals surface area contributed by atoms with Crippen molar-refractivity contribution in [1.29, 1.82) is 0 Å². The van der Waals surface area contributed by atoms with Crippen LogP contribution in [0.25, 0.3) is 0 Å². The number of nitrogens with one attached hydrogen (secondary N) is 1. The molecular weight excluding hydrogens is 256 g/mol. The molecule has 1 atom stereocenters. The molecule has 0 aliphatic carbocycles. The minimum atomic E-state index is 0.178. The van der Waals surface area contributed by atoms with Crippen molar-refractivity contribution < 1.29 is 4.79 Å². The van der Waals surface area contributed by atoms with Crippen LogP contribution in [-0.2, 0) is 11.2 Å². The molecule has 0 radical (unpaired) electrons. The highest BCUT2D eigenvalue weighted by atomic mass is 32.1. The fourth-order valence-electron chi connectivity index (χ4n) is 2.53. The second-order valence-electron chi connectivity index (χ2n) is 5.33. The Balaban J connectivity index is 1.62. The SMILES string of the molecule is CC(CNC(=O)CCc1cccs1)N1CCCCC1. The Morgan fingerprint density at radius 2 is 2.21 bits per heavy atom. The highest BCUT2D eigenvalue weighted by Gasteiger charge is 2.16. The van der Waals surface area contributed by atoms with E-state index < -0.39 is 0 Å². The fourth-order valence-corrected chi connectivity index (χ4v) is 3.24. The number of amides is 1. The highest BCUT2D eigenvalue weighted by Crippen LogP contribution is 2.12. The van der Waals surface area contributed by atoms with E-state index in [0.717, 1.165) is 13.0 Å². The third-order valence-electron chi connectivity index (χ3n) is 3.79. The highest BCUT2D eigenvalue weighted by molar-refractivity contribution is 7.09. The van der Waals surface area contributed by atoms with Crippen LogP contribution in [0.4, 0.5) is 0 Å². The molecule has 0 saturated carbocycles. The van der Waals surface area contributed by atoms with Gasteiger partial charge in [0.2, 0.25) is 5.91 Å². The van der Waals surface area contributed by atoms with Gasteiger partial charge in [-0.15, -0.1) is 11.3 Å². The molecule has 4 heteroatoms. The van der Waals surface area contributed by atoms with Crippen molar-refractivity contribution in [2.45, 2.75) is 45.1 Å². The quantitative estimate of drug-likeness (QED) is 0.869. The Labute approximate surface area is 120 Å². The summed E-state index contributed by atoms with van der Waals surface area (Å²) in [6.45, 7) is 5.37. The lowest BCUT2D eigenvalue weighted by atomic mass is 10.1. The van der Waals surface area contributed by atoms with Gasteiger partial charge in [0.1, 0.15) is 0 Å². The van der Waals surface area contributed by atoms with Crippen LogP contribution >= 0.6 is 11.3 Å². The maximum atomic E-state index is 11.8. The molecular formula is C15H24N2OS. The van der Waals surface area contributed by atoms with Crippen LogP contribution in [-0.4, -0.2) is 36.5 Å². The Morgan fingerprint density at radius 3 is 2.89 bits per heavy atom. The van der Waals surface area contributed by atoms with Crippen LogP contribution in [0.5, 0.6) is 0 Å². The summed E-state index contributed by atoms with van der Waals surface area (Å²) in [6.07, 6.45) is 5.43. The minimum absolute atomic E-state index is 0.178. The molecule has 1 aliphatic heterocycles. The van der Waals surface area contributed by atoms with Crippen LogP contribution in [0.1, 0.15) is 37.5 Å². The molecule has 0 spiro atoms. The van der Waals surface area contributed by atoms with Crippen molar-refractivity contribution in [1.82, 2.24) is 10.2 Å². The normalized spacial score (nSPS) is 18.2. The predicted molar refractivity (Wildman–Crippen MR) is 80.5 cm³/mol. The average molecular weight is 280 g/mol. The zero-order valence-corrected chi connectivity index (χ0v) is 12.5. The van der Waals surface area contributed by atoms with Crippen LogP contribution in [0.15, 0.2) is 17.5 Å². The summed E-state index contributed by atoms with van der Waals surface area (Å²) >= 11 is 1.72. The smallest absolute Gasteiger partial charge is 0.220 e. The molecule has 1 saturated heterocycles. The molecule has 0 bridgehead atoms. The number of carbonyl (C=O) groups is 1. The Kier molecular flexibility index (Phi) is 5.86. The molecule has 2 rings (SSSR count). The maximum Gasteiger partial charge on any atom is 0.220 e. The topological polar surface area (TPSA) is 32.3 Å². The van der Waals surface area contributed by atoms with Gasteiger partial charge in [0.05, 0.1) is 0 Å². The van der Waals surface area contributed by atoms with Gasteiger partial charge in [-0.1, -0.05) is 12.5 Å². The number of aryl methyl sites for hydroxylation is 1. The largest absolute Gasteiger partial charge is 0.355 e. The number of likely N-dealkylation sites (tertiary alicyclic amines) is 1. The number of carbonyl (C=O) groups excluding carboxylic acids is 1. The van der Waals surface area contributed by atoms with Gasteiger partial charge >= 0.3 is 0 Å². The standard InChI is InChI=1S/C15H24N2OS/c1-13(17-9-3-2-4-10-17)12-16-15(18)8-7-14-6-5-11-19-14/h5-6,11,13H,2-4,7-10,12H2,1H3,(H,16,18). The first kappa shape index (κ1) is 14.5. The molecule has 3 nitrogen and oxygen atoms in total. The predicted octanol–water partition coefficient (Wildman–Crippen LogP) is 2.67. The maximum absolute atomic E-state index is 11.8. The van der Waals surface area contributed by atoms with Crippen LogP contribution < -0.4 is 5.32 Å². The lowest BCUT2D eigenvalue weighted by Gasteiger charge is -2.32. The lowest BCUT2D eigenvalue weighted by Crippen LogP contribution is -2.44. The molecule has 1 aromatic rings. The number of thiophene rings is 1. The Morgan fingerprint density at radius 1 is 1.42 bits per heavy atom. The van der Waals surface area contributed by atoms with E-state index in [0.29, 0.717) is 12.5 Å². The number of hydrogen-bond acceptors (Lipinski definition) is 3. The van der Waals surface area contributed by atoms with Crippen LogP contribution in [0.2, 0.25) is 0 Å². The van der Waals surface area contributed by atoms with E-state index in [1.807, 2.05) is 6.07 Å². The van der Waals surface area contributed by atoms with E-state index in [1.165, 1.54) is 37.2 Å². The van der Waals surface area contributed by atoms with Gasteiger partial charge in [0.15, 0.2) is 0 Å². The third kappa shape index (κ3) is 4.96. The van der Waals surface area contributed by atoms with Gasteiger partial charge in [-0.3, -0.25) is 9.69 Å². The molecule has 1 aliphatic rings. The molecule has 1 aromatic heterocycles. The summed E-state index contributed by atoms with van der Waals surface area (Å²) in [7, 11) is 0. The molecule has 1 unspecified atom stereocenters. The zero-order chi connectivity index (χ0) is 13.5. The van der Waals surface area contributed by atoms with E-state index >= 15 is 0 Å². The van der Waals surface area contributed by atoms with Gasteiger partial charge in [-0.25, -0.2) is 0 Å². The van der Waals surface area contributed by atoms with Gasteiger partial charge in [-0.2, -0.15) is 0 Å². The second-order valence-corrected chi connectivity index (χ2v) is 6.36. The van der Waals surface area contributed by atoms with Crippen LogP contribution in [0, 0.1) is 0 Å². The average Bonchev–Trinajstić information content (AvgIpc) is 2.96. The van der Waals surface area contributed by atoms with Crippen molar-refractivity contribution in [3.63, 3.8) is 0 Å². The number of hydrogen-bond donors (Lipinski definition) is 1. The molecule has 0 aromatic carbocycles. The van der Waals surface area contributed by atoms with Crippen LogP contribution in [0.3, 0.4) is 0 Å². The van der Waals surface area contributed by atoms with E-state index in [-0.39, 0.29) is 5.91 Å². The summed E-state index contributed by atoms with van der Waals surface area (Å²) in [5, 5.41) is 5.13. The molecule has 1 fully saturated rings. The van der Waals surface area contributed by atoms with Crippen molar-refractivity contribution in [3.05, 3.63) is 22.4 Å². The first-order valence-corrected chi connectivity index (χ1v) is 8.17. The third-order valence-corrected chi connectivity index (χ3v) is 4.72. The summed E-state index contributed by atoms with van der Waals surface area (Å²) < 4.78 is 0. The zero-order valence-electron chi connectivity index (χ0n) is 11.7. The summed E-state index contributed by atoms with van der Waals surface area (Å²) in [4.78, 5) is 15.6. The number of nitrogens with zero attached hydrogens (tertiary/aromatic N) is 1. The second kappa shape index (κ2) is 7.65. The Bertz CT molecular complexity index is 372. The number of rotatable bonds is 6. The lowest BCUT2D eigenvalue weighted by molar-refractivity contribution is -0.121. The summed E-state index contributed by atoms with van der Waals surface area (Å²) in [5.41, 5.74) is 0. The first-order chi connectivity index (χ1) is 9.25. The Hall–Kier alpha value is -0.870. The van der Waals surface area contributed by atoms with E-state index in [9.17, 15) is 4.79 Å². The molecule has 19 heavy (non-hydrogen) atoms. The fraction of sp³-hybridized carbons (Fsp3) is 0.667. The molecule has 1 amide bonds. The van der Waals surface area contributed by atoms with Crippen molar-refractivity contribution in [2.75, 3.05) is 19.6 Å². The van der Waals surface area contributed by atoms with Gasteiger partial charge in [0.25, 0.3) is 0 Å². The first-order valence-electron chi connectivity index (χ1n) is 7.29. The minimum Gasteiger partial charge on any atom is -0.355 e. The van der Waals surface area contributed by atoms with Gasteiger partial charge in [-0.05, 0) is 50.7 Å². The molecule has 106 valence electrons.